The van der Waals surface area contributed by atoms with E-state index in [1.54, 1.807) is 11.5 Å². The maximum absolute atomic E-state index is 11.9. The van der Waals surface area contributed by atoms with E-state index < -0.39 is 0 Å². The number of aryl methyl sites for hydroxylation is 1. The van der Waals surface area contributed by atoms with Gasteiger partial charge in [0.15, 0.2) is 5.13 Å². The first kappa shape index (κ1) is 15.9. The minimum atomic E-state index is -0.277. The Balaban J connectivity index is 1.83. The average Bonchev–Trinajstić information content (AvgIpc) is 3.00. The molecule has 2 amide bonds. The zero-order valence-electron chi connectivity index (χ0n) is 12.0. The lowest BCUT2D eigenvalue weighted by atomic mass is 10.1. The quantitative estimate of drug-likeness (QED) is 0.772. The van der Waals surface area contributed by atoms with Crippen LogP contribution in [0.3, 0.4) is 0 Å². The molecule has 0 spiro atoms. The Labute approximate surface area is 133 Å². The van der Waals surface area contributed by atoms with E-state index in [9.17, 15) is 9.59 Å². The Morgan fingerprint density at radius 2 is 2.05 bits per heavy atom. The van der Waals surface area contributed by atoms with Gasteiger partial charge < -0.3 is 10.6 Å². The first-order valence-corrected chi connectivity index (χ1v) is 7.75. The number of carbonyl (C=O) groups is 2. The number of hydrogen-bond donors (Lipinski definition) is 2. The Bertz CT molecular complexity index is 652. The highest BCUT2D eigenvalue weighted by atomic mass is 32.1. The summed E-state index contributed by atoms with van der Waals surface area (Å²) in [7, 11) is 0. The Morgan fingerprint density at radius 3 is 2.77 bits per heavy atom. The highest BCUT2D eigenvalue weighted by Gasteiger charge is 2.11. The highest BCUT2D eigenvalue weighted by molar-refractivity contribution is 7.14. The molecule has 0 atom stereocenters. The lowest BCUT2D eigenvalue weighted by molar-refractivity contribution is -0.116. The molecule has 2 aromatic rings. The largest absolute Gasteiger partial charge is 0.347 e. The molecule has 2 rings (SSSR count). The fourth-order valence-corrected chi connectivity index (χ4v) is 2.48. The fraction of sp³-hybridized carbons (Fsp3) is 0.188. The van der Waals surface area contributed by atoms with Gasteiger partial charge in [0.2, 0.25) is 5.91 Å². The van der Waals surface area contributed by atoms with Crippen LogP contribution in [0.25, 0.3) is 0 Å². The molecule has 0 fully saturated rings. The Morgan fingerprint density at radius 1 is 1.27 bits per heavy atom. The van der Waals surface area contributed by atoms with Crippen LogP contribution in [0.2, 0.25) is 0 Å². The monoisotopic (exact) mass is 315 g/mol. The molecule has 0 aliphatic carbocycles. The van der Waals surface area contributed by atoms with Gasteiger partial charge in [0, 0.05) is 18.3 Å². The summed E-state index contributed by atoms with van der Waals surface area (Å²) in [5.41, 5.74) is 1.41. The van der Waals surface area contributed by atoms with E-state index in [2.05, 4.69) is 22.2 Å². The topological polar surface area (TPSA) is 71.1 Å². The van der Waals surface area contributed by atoms with E-state index in [0.717, 1.165) is 5.56 Å². The van der Waals surface area contributed by atoms with Gasteiger partial charge in [0.25, 0.3) is 5.91 Å². The van der Waals surface area contributed by atoms with E-state index >= 15 is 0 Å². The van der Waals surface area contributed by atoms with Gasteiger partial charge >= 0.3 is 0 Å². The normalized spacial score (nSPS) is 10.0. The van der Waals surface area contributed by atoms with Crippen molar-refractivity contribution >= 4 is 28.3 Å². The number of carbonyl (C=O) groups excluding carboxylic acids is 2. The van der Waals surface area contributed by atoms with Crippen LogP contribution in [0.1, 0.15) is 22.5 Å². The first-order chi connectivity index (χ1) is 10.7. The lowest BCUT2D eigenvalue weighted by Gasteiger charge is -2.02. The summed E-state index contributed by atoms with van der Waals surface area (Å²) >= 11 is 1.23. The van der Waals surface area contributed by atoms with Gasteiger partial charge in [-0.2, -0.15) is 0 Å². The summed E-state index contributed by atoms with van der Waals surface area (Å²) in [5.74, 6) is -0.391. The molecule has 2 N–H and O–H groups in total. The summed E-state index contributed by atoms with van der Waals surface area (Å²) in [6.45, 7) is 3.91. The molecule has 22 heavy (non-hydrogen) atoms. The summed E-state index contributed by atoms with van der Waals surface area (Å²) in [4.78, 5) is 27.7. The van der Waals surface area contributed by atoms with Crippen LogP contribution in [0.5, 0.6) is 0 Å². The number of anilines is 1. The smallest absolute Gasteiger partial charge is 0.271 e. The van der Waals surface area contributed by atoms with Crippen molar-refractivity contribution in [3.05, 3.63) is 59.6 Å². The number of hydrogen-bond acceptors (Lipinski definition) is 4. The van der Waals surface area contributed by atoms with Gasteiger partial charge in [-0.3, -0.25) is 9.59 Å². The van der Waals surface area contributed by atoms with Gasteiger partial charge in [0.05, 0.1) is 0 Å². The number of aromatic nitrogens is 1. The zero-order chi connectivity index (χ0) is 15.8. The van der Waals surface area contributed by atoms with Gasteiger partial charge in [-0.25, -0.2) is 4.98 Å². The molecule has 1 aromatic carbocycles. The van der Waals surface area contributed by atoms with Gasteiger partial charge in [0.1, 0.15) is 5.69 Å². The molecule has 0 saturated carbocycles. The van der Waals surface area contributed by atoms with Crippen molar-refractivity contribution in [3.8, 4) is 0 Å². The summed E-state index contributed by atoms with van der Waals surface area (Å²) < 4.78 is 0. The molecule has 0 radical (unpaired) electrons. The predicted octanol–water partition coefficient (Wildman–Crippen LogP) is 2.63. The molecule has 5 nitrogen and oxygen atoms in total. The van der Waals surface area contributed by atoms with Crippen LogP contribution in [0.4, 0.5) is 5.13 Å². The molecule has 0 aliphatic heterocycles. The minimum absolute atomic E-state index is 0.115. The second-order valence-corrected chi connectivity index (χ2v) is 5.43. The van der Waals surface area contributed by atoms with E-state index in [1.165, 1.54) is 11.3 Å². The van der Waals surface area contributed by atoms with E-state index in [4.69, 9.17) is 0 Å². The van der Waals surface area contributed by atoms with E-state index in [-0.39, 0.29) is 11.8 Å². The van der Waals surface area contributed by atoms with Crippen molar-refractivity contribution in [2.45, 2.75) is 12.8 Å². The second-order valence-electron chi connectivity index (χ2n) is 4.57. The molecular weight excluding hydrogens is 298 g/mol. The molecule has 6 heteroatoms. The van der Waals surface area contributed by atoms with Crippen LogP contribution < -0.4 is 10.6 Å². The standard InChI is InChI=1S/C16H17N3O2S/c1-2-10-17-15(21)13-11-22-16(18-13)19-14(20)9-8-12-6-4-3-5-7-12/h2-7,11H,1,8-10H2,(H,17,21)(H,18,19,20). The van der Waals surface area contributed by atoms with Crippen LogP contribution in [0, 0.1) is 0 Å². The summed E-state index contributed by atoms with van der Waals surface area (Å²) in [5, 5.41) is 7.40. The van der Waals surface area contributed by atoms with Crippen molar-refractivity contribution in [2.75, 3.05) is 11.9 Å². The first-order valence-electron chi connectivity index (χ1n) is 6.87. The maximum atomic E-state index is 11.9. The SMILES string of the molecule is C=CCNC(=O)c1csc(NC(=O)CCc2ccccc2)n1. The zero-order valence-corrected chi connectivity index (χ0v) is 12.9. The van der Waals surface area contributed by atoms with Crippen molar-refractivity contribution in [2.24, 2.45) is 0 Å². The molecule has 0 saturated heterocycles. The third-order valence-electron chi connectivity index (χ3n) is 2.87. The van der Waals surface area contributed by atoms with Crippen molar-refractivity contribution in [1.29, 1.82) is 0 Å². The van der Waals surface area contributed by atoms with Crippen LogP contribution in [-0.2, 0) is 11.2 Å². The van der Waals surface area contributed by atoms with E-state index in [1.807, 2.05) is 30.3 Å². The van der Waals surface area contributed by atoms with Crippen molar-refractivity contribution in [3.63, 3.8) is 0 Å². The third-order valence-corrected chi connectivity index (χ3v) is 3.63. The van der Waals surface area contributed by atoms with Gasteiger partial charge in [-0.15, -0.1) is 17.9 Å². The van der Waals surface area contributed by atoms with Crippen LogP contribution >= 0.6 is 11.3 Å². The number of rotatable bonds is 7. The third kappa shape index (κ3) is 4.82. The molecule has 0 aliphatic rings. The van der Waals surface area contributed by atoms with Crippen molar-refractivity contribution in [1.82, 2.24) is 10.3 Å². The average molecular weight is 315 g/mol. The van der Waals surface area contributed by atoms with Gasteiger partial charge in [-0.1, -0.05) is 36.4 Å². The van der Waals surface area contributed by atoms with Crippen LogP contribution in [-0.4, -0.2) is 23.3 Å². The highest BCUT2D eigenvalue weighted by Crippen LogP contribution is 2.16. The maximum Gasteiger partial charge on any atom is 0.271 e. The minimum Gasteiger partial charge on any atom is -0.347 e. The Kier molecular flexibility index (Phi) is 5.85. The number of thiazole rings is 1. The van der Waals surface area contributed by atoms with Crippen molar-refractivity contribution < 1.29 is 9.59 Å². The molecule has 0 bridgehead atoms. The summed E-state index contributed by atoms with van der Waals surface area (Å²) in [6.07, 6.45) is 2.64. The predicted molar refractivity (Wildman–Crippen MR) is 88.0 cm³/mol. The fourth-order valence-electron chi connectivity index (χ4n) is 1.78. The molecule has 1 aromatic heterocycles. The van der Waals surface area contributed by atoms with E-state index in [0.29, 0.717) is 30.2 Å². The molecular formula is C16H17N3O2S. The van der Waals surface area contributed by atoms with Gasteiger partial charge in [-0.05, 0) is 12.0 Å². The number of nitrogens with zero attached hydrogens (tertiary/aromatic N) is 1. The Hall–Kier alpha value is -2.47. The second kappa shape index (κ2) is 8.09. The lowest BCUT2D eigenvalue weighted by Crippen LogP contribution is -2.23. The number of nitrogens with one attached hydrogen (secondary N) is 2. The molecule has 114 valence electrons. The van der Waals surface area contributed by atoms with Crippen LogP contribution in [0.15, 0.2) is 48.4 Å². The number of benzene rings is 1. The summed E-state index contributed by atoms with van der Waals surface area (Å²) in [6, 6.07) is 9.81. The number of amides is 2. The molecule has 1 heterocycles. The molecule has 0 unspecified atom stereocenters.